The van der Waals surface area contributed by atoms with Crippen molar-refractivity contribution in [3.8, 4) is 6.01 Å². The molecule has 2 heterocycles. The van der Waals surface area contributed by atoms with Crippen LogP contribution in [0.15, 0.2) is 0 Å². The van der Waals surface area contributed by atoms with Crippen LogP contribution < -0.4 is 10.1 Å². The van der Waals surface area contributed by atoms with Gasteiger partial charge in [-0.15, -0.1) is 16.4 Å². The molecule has 2 rings (SSSR count). The summed E-state index contributed by atoms with van der Waals surface area (Å²) in [6.45, 7) is 6.08. The molecule has 2 aromatic rings. The maximum atomic E-state index is 12.3. The molecule has 0 aliphatic carbocycles. The van der Waals surface area contributed by atoms with Gasteiger partial charge in [0.15, 0.2) is 0 Å². The zero-order valence-corrected chi connectivity index (χ0v) is 12.7. The normalized spacial score (nSPS) is 10.8. The molecule has 0 aromatic carbocycles. The molecule has 0 aliphatic rings. The van der Waals surface area contributed by atoms with Crippen molar-refractivity contribution in [2.45, 2.75) is 27.2 Å². The first-order valence-corrected chi connectivity index (χ1v) is 7.05. The number of aromatic amines is 1. The summed E-state index contributed by atoms with van der Waals surface area (Å²) in [4.78, 5) is 21.3. The third kappa shape index (κ3) is 3.32. The van der Waals surface area contributed by atoms with Gasteiger partial charge >= 0.3 is 6.01 Å². The number of carbonyl (C=O) groups is 1. The number of ether oxygens (including phenoxy) is 1. The van der Waals surface area contributed by atoms with Crippen molar-refractivity contribution in [2.24, 2.45) is 5.92 Å². The molecule has 1 amide bonds. The molecule has 0 atom stereocenters. The largest absolute Gasteiger partial charge is 0.466 e. The number of hydrogen-bond acceptors (Lipinski definition) is 6. The molecule has 0 radical (unpaired) electrons. The predicted octanol–water partition coefficient (Wildman–Crippen LogP) is 2.03. The topological polar surface area (TPSA) is 92.8 Å². The van der Waals surface area contributed by atoms with Crippen LogP contribution in [0.2, 0.25) is 0 Å². The Morgan fingerprint density at radius 1 is 1.45 bits per heavy atom. The van der Waals surface area contributed by atoms with Gasteiger partial charge in [0.25, 0.3) is 5.91 Å². The highest BCUT2D eigenvalue weighted by atomic mass is 32.1. The summed E-state index contributed by atoms with van der Waals surface area (Å²) in [5.41, 5.74) is 0.825. The molecule has 7 nitrogen and oxygen atoms in total. The second-order valence-corrected chi connectivity index (χ2v) is 5.93. The fourth-order valence-corrected chi connectivity index (χ4v) is 2.57. The Balaban J connectivity index is 2.16. The monoisotopic (exact) mass is 295 g/mol. The highest BCUT2D eigenvalue weighted by molar-refractivity contribution is 7.13. The van der Waals surface area contributed by atoms with Gasteiger partial charge < -0.3 is 4.74 Å². The maximum absolute atomic E-state index is 12.3. The van der Waals surface area contributed by atoms with E-state index >= 15 is 0 Å². The first-order valence-electron chi connectivity index (χ1n) is 6.23. The van der Waals surface area contributed by atoms with Crippen LogP contribution >= 0.6 is 11.3 Å². The van der Waals surface area contributed by atoms with E-state index < -0.39 is 0 Å². The van der Waals surface area contributed by atoms with Crippen LogP contribution in [0.4, 0.5) is 5.95 Å². The summed E-state index contributed by atoms with van der Waals surface area (Å²) in [6.07, 6.45) is 0.771. The number of methoxy groups -OCH3 is 1. The number of nitrogens with zero attached hydrogens (tertiary/aromatic N) is 3. The molecule has 20 heavy (non-hydrogen) atoms. The molecule has 0 fully saturated rings. The molecule has 0 aliphatic heterocycles. The highest BCUT2D eigenvalue weighted by Crippen LogP contribution is 2.22. The van der Waals surface area contributed by atoms with Gasteiger partial charge in [0, 0.05) is 0 Å². The van der Waals surface area contributed by atoms with Crippen molar-refractivity contribution < 1.29 is 9.53 Å². The lowest BCUT2D eigenvalue weighted by molar-refractivity contribution is 0.102. The molecule has 108 valence electrons. The van der Waals surface area contributed by atoms with Crippen LogP contribution in [0.1, 0.15) is 34.2 Å². The molecule has 0 bridgehead atoms. The molecule has 0 saturated carbocycles. The molecule has 0 unspecified atom stereocenters. The number of hydrogen-bond donors (Lipinski definition) is 2. The molecule has 0 spiro atoms. The number of thiazole rings is 1. The van der Waals surface area contributed by atoms with Gasteiger partial charge in [0.1, 0.15) is 4.88 Å². The quantitative estimate of drug-likeness (QED) is 0.880. The van der Waals surface area contributed by atoms with E-state index in [2.05, 4.69) is 39.3 Å². The smallest absolute Gasteiger partial charge is 0.336 e. The third-order valence-corrected chi connectivity index (χ3v) is 3.50. The first-order chi connectivity index (χ1) is 9.49. The van der Waals surface area contributed by atoms with E-state index in [1.165, 1.54) is 18.4 Å². The summed E-state index contributed by atoms with van der Waals surface area (Å²) in [5.74, 6) is 0.465. The SMILES string of the molecule is COc1n[nH]c(NC(=O)c2sc(C)nc2CC(C)C)n1. The van der Waals surface area contributed by atoms with E-state index in [0.717, 1.165) is 17.1 Å². The van der Waals surface area contributed by atoms with Crippen LogP contribution in [0, 0.1) is 12.8 Å². The lowest BCUT2D eigenvalue weighted by Crippen LogP contribution is -2.14. The highest BCUT2D eigenvalue weighted by Gasteiger charge is 2.19. The van der Waals surface area contributed by atoms with Crippen LogP contribution in [0.25, 0.3) is 0 Å². The molecular formula is C12H17N5O2S. The maximum Gasteiger partial charge on any atom is 0.336 e. The van der Waals surface area contributed by atoms with Crippen LogP contribution in [0.3, 0.4) is 0 Å². The zero-order chi connectivity index (χ0) is 14.7. The van der Waals surface area contributed by atoms with E-state index in [1.54, 1.807) is 0 Å². The first kappa shape index (κ1) is 14.4. The van der Waals surface area contributed by atoms with Crippen molar-refractivity contribution in [1.29, 1.82) is 0 Å². The molecular weight excluding hydrogens is 278 g/mol. The molecule has 0 saturated heterocycles. The zero-order valence-electron chi connectivity index (χ0n) is 11.9. The Morgan fingerprint density at radius 2 is 2.20 bits per heavy atom. The lowest BCUT2D eigenvalue weighted by Gasteiger charge is -2.04. The fraction of sp³-hybridized carbons (Fsp3) is 0.500. The third-order valence-electron chi connectivity index (χ3n) is 2.49. The van der Waals surface area contributed by atoms with Crippen LogP contribution in [-0.4, -0.2) is 33.2 Å². The van der Waals surface area contributed by atoms with Crippen molar-refractivity contribution >= 4 is 23.2 Å². The summed E-state index contributed by atoms with van der Waals surface area (Å²) in [6, 6.07) is 0.184. The lowest BCUT2D eigenvalue weighted by atomic mass is 10.1. The van der Waals surface area contributed by atoms with Gasteiger partial charge in [-0.25, -0.2) is 10.1 Å². The molecule has 2 N–H and O–H groups in total. The van der Waals surface area contributed by atoms with Gasteiger partial charge in [0.05, 0.1) is 17.8 Å². The molecule has 2 aromatic heterocycles. The summed E-state index contributed by atoms with van der Waals surface area (Å²) >= 11 is 1.38. The number of anilines is 1. The minimum absolute atomic E-state index is 0.184. The van der Waals surface area contributed by atoms with Crippen molar-refractivity contribution in [3.05, 3.63) is 15.6 Å². The Labute approximate surface area is 120 Å². The van der Waals surface area contributed by atoms with E-state index in [4.69, 9.17) is 4.74 Å². The summed E-state index contributed by atoms with van der Waals surface area (Å²) < 4.78 is 4.85. The van der Waals surface area contributed by atoms with Crippen LogP contribution in [0.5, 0.6) is 6.01 Å². The Kier molecular flexibility index (Phi) is 4.33. The van der Waals surface area contributed by atoms with Gasteiger partial charge in [-0.2, -0.15) is 4.98 Å². The van der Waals surface area contributed by atoms with Crippen molar-refractivity contribution in [2.75, 3.05) is 12.4 Å². The van der Waals surface area contributed by atoms with Crippen LogP contribution in [-0.2, 0) is 6.42 Å². The second-order valence-electron chi connectivity index (χ2n) is 4.73. The van der Waals surface area contributed by atoms with E-state index in [-0.39, 0.29) is 17.9 Å². The number of aryl methyl sites for hydroxylation is 1. The van der Waals surface area contributed by atoms with Gasteiger partial charge in [-0.1, -0.05) is 13.8 Å². The van der Waals surface area contributed by atoms with Crippen molar-refractivity contribution in [3.63, 3.8) is 0 Å². The Bertz CT molecular complexity index is 605. The van der Waals surface area contributed by atoms with E-state index in [0.29, 0.717) is 10.8 Å². The minimum atomic E-state index is -0.231. The van der Waals surface area contributed by atoms with E-state index in [1.807, 2.05) is 6.92 Å². The number of carbonyl (C=O) groups excluding carboxylic acids is 1. The van der Waals surface area contributed by atoms with Gasteiger partial charge in [-0.3, -0.25) is 10.1 Å². The number of rotatable bonds is 5. The fourth-order valence-electron chi connectivity index (χ4n) is 1.73. The number of nitrogens with one attached hydrogen (secondary N) is 2. The summed E-state index contributed by atoms with van der Waals surface area (Å²) in [5, 5.41) is 9.90. The second kappa shape index (κ2) is 6.00. The minimum Gasteiger partial charge on any atom is -0.466 e. The standard InChI is InChI=1S/C12H17N5O2S/c1-6(2)5-8-9(20-7(3)13-8)10(18)14-11-15-12(19-4)17-16-11/h6H,5H2,1-4H3,(H2,14,15,16,17,18). The average molecular weight is 295 g/mol. The van der Waals surface area contributed by atoms with Gasteiger partial charge in [0.2, 0.25) is 5.95 Å². The summed E-state index contributed by atoms with van der Waals surface area (Å²) in [7, 11) is 1.46. The van der Waals surface area contributed by atoms with Gasteiger partial charge in [-0.05, 0) is 19.3 Å². The van der Waals surface area contributed by atoms with Crippen molar-refractivity contribution in [1.82, 2.24) is 20.2 Å². The molecule has 8 heteroatoms. The Hall–Kier alpha value is -1.96. The Morgan fingerprint density at radius 3 is 2.80 bits per heavy atom. The predicted molar refractivity (Wildman–Crippen MR) is 76.3 cm³/mol. The average Bonchev–Trinajstić information content (AvgIpc) is 2.95. The number of amides is 1. The number of aromatic nitrogens is 4. The van der Waals surface area contributed by atoms with E-state index in [9.17, 15) is 4.79 Å². The number of H-pyrrole nitrogens is 1.